The average Bonchev–Trinajstić information content (AvgIpc) is 2.92. The van der Waals surface area contributed by atoms with Crippen molar-refractivity contribution in [2.24, 2.45) is 5.92 Å². The fourth-order valence-corrected chi connectivity index (χ4v) is 2.93. The lowest BCUT2D eigenvalue weighted by atomic mass is 10.1. The first-order valence-corrected chi connectivity index (χ1v) is 7.67. The van der Waals surface area contributed by atoms with Crippen molar-refractivity contribution in [2.45, 2.75) is 25.3 Å². The van der Waals surface area contributed by atoms with E-state index in [9.17, 15) is 9.59 Å². The molecule has 1 aliphatic rings. The Morgan fingerprint density at radius 2 is 2.09 bits per heavy atom. The van der Waals surface area contributed by atoms with Gasteiger partial charge in [-0.25, -0.2) is 0 Å². The largest absolute Gasteiger partial charge is 0.352 e. The molecule has 0 saturated heterocycles. The number of nitrogens with zero attached hydrogens (tertiary/aromatic N) is 1. The molecule has 0 aromatic heterocycles. The first-order valence-electron chi connectivity index (χ1n) is 6.92. The second-order valence-electron chi connectivity index (χ2n) is 5.21. The quantitative estimate of drug-likeness (QED) is 0.884. The average molecular weight is 340 g/mol. The highest BCUT2D eigenvalue weighted by atomic mass is 35.5. The number of carbonyl (C=O) groups is 2. The van der Waals surface area contributed by atoms with Crippen LogP contribution in [0, 0.1) is 17.2 Å². The molecule has 0 spiro atoms. The summed E-state index contributed by atoms with van der Waals surface area (Å²) in [7, 11) is 0. The third kappa shape index (κ3) is 4.36. The maximum atomic E-state index is 12.0. The van der Waals surface area contributed by atoms with Crippen LogP contribution >= 0.6 is 23.2 Å². The van der Waals surface area contributed by atoms with Crippen molar-refractivity contribution in [2.75, 3.05) is 6.54 Å². The van der Waals surface area contributed by atoms with Crippen molar-refractivity contribution in [3.63, 3.8) is 0 Å². The first kappa shape index (κ1) is 16.6. The predicted octanol–water partition coefficient (Wildman–Crippen LogP) is 2.53. The third-order valence-electron chi connectivity index (χ3n) is 3.57. The minimum atomic E-state index is -0.432. The molecule has 2 rings (SSSR count). The van der Waals surface area contributed by atoms with Crippen molar-refractivity contribution in [1.29, 1.82) is 5.26 Å². The van der Waals surface area contributed by atoms with Crippen LogP contribution in [0.1, 0.15) is 29.6 Å². The Balaban J connectivity index is 1.81. The van der Waals surface area contributed by atoms with Crippen molar-refractivity contribution in [1.82, 2.24) is 10.6 Å². The van der Waals surface area contributed by atoms with Crippen LogP contribution in [0.4, 0.5) is 0 Å². The van der Waals surface area contributed by atoms with E-state index in [0.717, 1.165) is 12.8 Å². The van der Waals surface area contributed by atoms with E-state index in [1.807, 2.05) is 0 Å². The number of nitrogens with one attached hydrogen (secondary N) is 2. The highest BCUT2D eigenvalue weighted by Crippen LogP contribution is 2.24. The minimum absolute atomic E-state index is 0.00719. The molecule has 0 radical (unpaired) electrons. The van der Waals surface area contributed by atoms with Gasteiger partial charge in [0.05, 0.1) is 23.2 Å². The summed E-state index contributed by atoms with van der Waals surface area (Å²) in [6, 6.07) is 6.75. The molecule has 1 fully saturated rings. The minimum Gasteiger partial charge on any atom is -0.352 e. The van der Waals surface area contributed by atoms with Gasteiger partial charge in [0.2, 0.25) is 5.91 Å². The lowest BCUT2D eigenvalue weighted by molar-refractivity contribution is -0.120. The Labute approximate surface area is 138 Å². The van der Waals surface area contributed by atoms with Crippen LogP contribution in [0.5, 0.6) is 0 Å². The molecular formula is C15H15Cl2N3O2. The first-order chi connectivity index (χ1) is 10.5. The van der Waals surface area contributed by atoms with Gasteiger partial charge >= 0.3 is 0 Å². The number of carbonyl (C=O) groups excluding carboxylic acids is 2. The molecule has 2 atom stereocenters. The summed E-state index contributed by atoms with van der Waals surface area (Å²) >= 11 is 11.7. The summed E-state index contributed by atoms with van der Waals surface area (Å²) in [5, 5.41) is 14.8. The summed E-state index contributed by atoms with van der Waals surface area (Å²) < 4.78 is 0. The molecule has 5 nitrogen and oxygen atoms in total. The van der Waals surface area contributed by atoms with Crippen molar-refractivity contribution in [3.8, 4) is 6.07 Å². The van der Waals surface area contributed by atoms with Crippen LogP contribution < -0.4 is 10.6 Å². The Hall–Kier alpha value is -1.77. The molecule has 0 heterocycles. The highest BCUT2D eigenvalue weighted by molar-refractivity contribution is 6.36. The summed E-state index contributed by atoms with van der Waals surface area (Å²) in [6.07, 6.45) is 2.26. The van der Waals surface area contributed by atoms with Crippen molar-refractivity contribution >= 4 is 35.0 Å². The Kier molecular flexibility index (Phi) is 5.64. The molecule has 1 aromatic carbocycles. The van der Waals surface area contributed by atoms with Gasteiger partial charge in [0, 0.05) is 17.0 Å². The SMILES string of the molecule is N#C[C@@H]1CC[C@H](NC(=O)CNC(=O)c2ccc(Cl)cc2Cl)C1. The molecule has 1 aromatic rings. The van der Waals surface area contributed by atoms with Crippen LogP contribution in [-0.4, -0.2) is 24.4 Å². The number of hydrogen-bond donors (Lipinski definition) is 2. The fourth-order valence-electron chi connectivity index (χ4n) is 2.44. The van der Waals surface area contributed by atoms with Gasteiger partial charge in [-0.3, -0.25) is 9.59 Å². The molecule has 22 heavy (non-hydrogen) atoms. The van der Waals surface area contributed by atoms with Gasteiger partial charge < -0.3 is 10.6 Å². The standard InChI is InChI=1S/C15H15Cl2N3O2/c16-10-2-4-12(13(17)6-10)15(22)19-8-14(21)20-11-3-1-9(5-11)7-18/h2,4,6,9,11H,1,3,5,8H2,(H,19,22)(H,20,21)/t9-,11+/m1/s1. The molecule has 1 saturated carbocycles. The molecule has 0 unspecified atom stereocenters. The van der Waals surface area contributed by atoms with Crippen LogP contribution in [0.15, 0.2) is 18.2 Å². The van der Waals surface area contributed by atoms with E-state index in [1.54, 1.807) is 6.07 Å². The number of nitriles is 1. The maximum Gasteiger partial charge on any atom is 0.253 e. The number of benzene rings is 1. The van der Waals surface area contributed by atoms with E-state index in [-0.39, 0.29) is 35.0 Å². The molecule has 116 valence electrons. The Bertz CT molecular complexity index is 628. The van der Waals surface area contributed by atoms with Crippen molar-refractivity contribution in [3.05, 3.63) is 33.8 Å². The van der Waals surface area contributed by atoms with Gasteiger partial charge in [-0.2, -0.15) is 5.26 Å². The van der Waals surface area contributed by atoms with E-state index in [1.165, 1.54) is 12.1 Å². The Morgan fingerprint density at radius 1 is 1.32 bits per heavy atom. The van der Waals surface area contributed by atoms with E-state index >= 15 is 0 Å². The highest BCUT2D eigenvalue weighted by Gasteiger charge is 2.25. The molecule has 1 aliphatic carbocycles. The second-order valence-corrected chi connectivity index (χ2v) is 6.05. The van der Waals surface area contributed by atoms with Crippen LogP contribution in [0.2, 0.25) is 10.0 Å². The normalized spacial score (nSPS) is 20.2. The summed E-state index contributed by atoms with van der Waals surface area (Å²) in [5.74, 6) is -0.701. The molecule has 0 bridgehead atoms. The van der Waals surface area contributed by atoms with Gasteiger partial charge in [-0.05, 0) is 37.5 Å². The van der Waals surface area contributed by atoms with Crippen LogP contribution in [-0.2, 0) is 4.79 Å². The maximum absolute atomic E-state index is 12.0. The monoisotopic (exact) mass is 339 g/mol. The number of halogens is 2. The van der Waals surface area contributed by atoms with Crippen LogP contribution in [0.25, 0.3) is 0 Å². The van der Waals surface area contributed by atoms with E-state index in [0.29, 0.717) is 11.4 Å². The lowest BCUT2D eigenvalue weighted by Gasteiger charge is -2.12. The Morgan fingerprint density at radius 3 is 2.73 bits per heavy atom. The number of hydrogen-bond acceptors (Lipinski definition) is 3. The van der Waals surface area contributed by atoms with E-state index in [4.69, 9.17) is 28.5 Å². The van der Waals surface area contributed by atoms with Gasteiger partial charge in [-0.1, -0.05) is 23.2 Å². The van der Waals surface area contributed by atoms with Crippen LogP contribution in [0.3, 0.4) is 0 Å². The molecular weight excluding hydrogens is 325 g/mol. The van der Waals surface area contributed by atoms with E-state index in [2.05, 4.69) is 16.7 Å². The molecule has 0 aliphatic heterocycles. The summed E-state index contributed by atoms with van der Waals surface area (Å²) in [6.45, 7) is -0.133. The van der Waals surface area contributed by atoms with E-state index < -0.39 is 5.91 Å². The summed E-state index contributed by atoms with van der Waals surface area (Å²) in [4.78, 5) is 23.8. The number of rotatable bonds is 4. The molecule has 2 amide bonds. The topological polar surface area (TPSA) is 82.0 Å². The fraction of sp³-hybridized carbons (Fsp3) is 0.400. The second kappa shape index (κ2) is 7.48. The van der Waals surface area contributed by atoms with Gasteiger partial charge in [0.15, 0.2) is 0 Å². The molecule has 7 heteroatoms. The predicted molar refractivity (Wildman–Crippen MR) is 83.7 cm³/mol. The zero-order valence-electron chi connectivity index (χ0n) is 11.7. The zero-order chi connectivity index (χ0) is 16.1. The van der Waals surface area contributed by atoms with Gasteiger partial charge in [-0.15, -0.1) is 0 Å². The smallest absolute Gasteiger partial charge is 0.253 e. The number of amides is 2. The zero-order valence-corrected chi connectivity index (χ0v) is 13.2. The van der Waals surface area contributed by atoms with Crippen molar-refractivity contribution < 1.29 is 9.59 Å². The lowest BCUT2D eigenvalue weighted by Crippen LogP contribution is -2.41. The third-order valence-corrected chi connectivity index (χ3v) is 4.11. The van der Waals surface area contributed by atoms with Gasteiger partial charge in [0.1, 0.15) is 0 Å². The molecule has 2 N–H and O–H groups in total. The van der Waals surface area contributed by atoms with Gasteiger partial charge in [0.25, 0.3) is 5.91 Å². The summed E-state index contributed by atoms with van der Waals surface area (Å²) in [5.41, 5.74) is 0.268.